The number of benzene rings is 1. The van der Waals surface area contributed by atoms with Gasteiger partial charge in [0.1, 0.15) is 11.5 Å². The summed E-state index contributed by atoms with van der Waals surface area (Å²) in [6, 6.07) is 1.32. The topological polar surface area (TPSA) is 159 Å². The van der Waals surface area contributed by atoms with Crippen LogP contribution in [0.1, 0.15) is 6.42 Å². The normalized spacial score (nSPS) is 12.7. The molecule has 1 amide bonds. The van der Waals surface area contributed by atoms with Gasteiger partial charge in [-0.3, -0.25) is 9.87 Å². The fraction of sp³-hybridized carbons (Fsp3) is 0.364. The molecule has 0 radical (unpaired) electrons. The molecular weight excluding hydrogens is 340 g/mol. The van der Waals surface area contributed by atoms with Crippen LogP contribution in [0.5, 0.6) is 5.75 Å². The molecule has 22 heavy (non-hydrogen) atoms. The van der Waals surface area contributed by atoms with Crippen LogP contribution < -0.4 is 11.1 Å². The molecule has 1 aromatic rings. The van der Waals surface area contributed by atoms with Gasteiger partial charge in [0.15, 0.2) is 5.75 Å². The first kappa shape index (κ1) is 18.5. The average molecular weight is 355 g/mol. The van der Waals surface area contributed by atoms with Crippen molar-refractivity contribution in [2.75, 3.05) is 18.5 Å². The van der Waals surface area contributed by atoms with Crippen molar-refractivity contribution in [3.63, 3.8) is 0 Å². The van der Waals surface area contributed by atoms with Crippen LogP contribution >= 0.6 is 11.6 Å². The second kappa shape index (κ2) is 7.61. The number of carbonyl (C=O) groups excluding carboxylic acids is 1. The molecule has 1 atom stereocenters. The van der Waals surface area contributed by atoms with E-state index in [1.807, 2.05) is 0 Å². The third kappa shape index (κ3) is 5.31. The molecule has 6 N–H and O–H groups in total. The zero-order chi connectivity index (χ0) is 16.9. The molecule has 0 aromatic heterocycles. The lowest BCUT2D eigenvalue weighted by molar-refractivity contribution is 0.147. The highest BCUT2D eigenvalue weighted by molar-refractivity contribution is 7.86. The van der Waals surface area contributed by atoms with Crippen LogP contribution in [0.2, 0.25) is 5.02 Å². The Bertz CT molecular complexity index is 650. The van der Waals surface area contributed by atoms with Crippen molar-refractivity contribution >= 4 is 33.5 Å². The van der Waals surface area contributed by atoms with Crippen LogP contribution in [0, 0.1) is 0 Å². The lowest BCUT2D eigenvalue weighted by Gasteiger charge is -2.13. The van der Waals surface area contributed by atoms with Gasteiger partial charge in [-0.15, -0.1) is 0 Å². The number of phenols is 1. The fourth-order valence-corrected chi connectivity index (χ4v) is 2.36. The summed E-state index contributed by atoms with van der Waals surface area (Å²) in [7, 11) is -4.72. The summed E-state index contributed by atoms with van der Waals surface area (Å²) in [6.45, 7) is -0.363. The van der Waals surface area contributed by atoms with Gasteiger partial charge >= 0.3 is 6.09 Å². The summed E-state index contributed by atoms with van der Waals surface area (Å²) < 4.78 is 35.9. The molecule has 0 saturated carbocycles. The molecule has 0 aliphatic heterocycles. The monoisotopic (exact) mass is 354 g/mol. The van der Waals surface area contributed by atoms with E-state index in [9.17, 15) is 18.3 Å². The van der Waals surface area contributed by atoms with E-state index in [-0.39, 0.29) is 30.3 Å². The van der Waals surface area contributed by atoms with Crippen molar-refractivity contribution in [1.29, 1.82) is 0 Å². The summed E-state index contributed by atoms with van der Waals surface area (Å²) in [6.07, 6.45) is -0.796. The zero-order valence-electron chi connectivity index (χ0n) is 11.2. The summed E-state index contributed by atoms with van der Waals surface area (Å²) >= 11 is 5.65. The number of nitrogens with two attached hydrogens (primary N) is 1. The van der Waals surface area contributed by atoms with E-state index < -0.39 is 32.9 Å². The van der Waals surface area contributed by atoms with E-state index in [1.54, 1.807) is 0 Å². The minimum Gasteiger partial charge on any atom is -0.504 e. The predicted octanol–water partition coefficient (Wildman–Crippen LogP) is 0.550. The molecule has 1 rings (SSSR count). The number of hydrogen-bond acceptors (Lipinski definition) is 7. The number of anilines is 1. The number of nitrogens with one attached hydrogen (secondary N) is 1. The Morgan fingerprint density at radius 2 is 2.09 bits per heavy atom. The van der Waals surface area contributed by atoms with E-state index in [2.05, 4.69) is 5.32 Å². The first-order valence-electron chi connectivity index (χ1n) is 5.95. The smallest absolute Gasteiger partial charge is 0.411 e. The number of aliphatic hydroxyl groups is 1. The lowest BCUT2D eigenvalue weighted by atomic mass is 10.2. The van der Waals surface area contributed by atoms with Gasteiger partial charge in [0.2, 0.25) is 0 Å². The molecular formula is C11H15ClN2O7S. The molecule has 1 aromatic carbocycles. The largest absolute Gasteiger partial charge is 0.504 e. The molecule has 0 aliphatic carbocycles. The minimum absolute atomic E-state index is 0.141. The van der Waals surface area contributed by atoms with Crippen molar-refractivity contribution in [1.82, 2.24) is 0 Å². The third-order valence-corrected chi connectivity index (χ3v) is 3.57. The summed E-state index contributed by atoms with van der Waals surface area (Å²) in [5.41, 5.74) is 5.15. The lowest BCUT2D eigenvalue weighted by Crippen LogP contribution is -2.30. The van der Waals surface area contributed by atoms with Gasteiger partial charge in [-0.2, -0.15) is 8.42 Å². The number of phenolic OH excluding ortho intramolecular Hbond substituents is 1. The second-order valence-electron chi connectivity index (χ2n) is 4.27. The summed E-state index contributed by atoms with van der Waals surface area (Å²) in [4.78, 5) is 10.7. The Balaban J connectivity index is 2.86. The Morgan fingerprint density at radius 3 is 2.64 bits per heavy atom. The highest BCUT2D eigenvalue weighted by atomic mass is 35.5. The summed E-state index contributed by atoms with van der Waals surface area (Å²) in [5.74, 6) is -0.886. The van der Waals surface area contributed by atoms with Crippen LogP contribution in [0.4, 0.5) is 10.5 Å². The fourth-order valence-electron chi connectivity index (χ4n) is 1.44. The Hall–Kier alpha value is -1.59. The molecule has 9 nitrogen and oxygen atoms in total. The number of ether oxygens (including phenoxy) is 1. The third-order valence-electron chi connectivity index (χ3n) is 2.48. The van der Waals surface area contributed by atoms with Crippen LogP contribution in [0.15, 0.2) is 17.0 Å². The van der Waals surface area contributed by atoms with E-state index in [1.165, 1.54) is 0 Å². The van der Waals surface area contributed by atoms with Crippen molar-refractivity contribution in [2.45, 2.75) is 17.4 Å². The molecule has 0 heterocycles. The molecule has 0 unspecified atom stereocenters. The van der Waals surface area contributed by atoms with E-state index in [4.69, 9.17) is 31.7 Å². The Morgan fingerprint density at radius 1 is 1.45 bits per heavy atom. The van der Waals surface area contributed by atoms with Gasteiger partial charge in [-0.05, 0) is 18.6 Å². The number of aliphatic hydroxyl groups excluding tert-OH is 1. The van der Waals surface area contributed by atoms with Gasteiger partial charge in [-0.1, -0.05) is 11.6 Å². The number of halogens is 1. The first-order valence-corrected chi connectivity index (χ1v) is 7.77. The average Bonchev–Trinajstić information content (AvgIpc) is 2.39. The van der Waals surface area contributed by atoms with E-state index in [0.29, 0.717) is 0 Å². The molecule has 11 heteroatoms. The predicted molar refractivity (Wildman–Crippen MR) is 77.6 cm³/mol. The highest BCUT2D eigenvalue weighted by Gasteiger charge is 2.21. The molecule has 0 spiro atoms. The number of aromatic hydroxyl groups is 1. The maximum atomic E-state index is 11.5. The van der Waals surface area contributed by atoms with E-state index in [0.717, 1.165) is 12.1 Å². The number of hydrogen-bond donors (Lipinski definition) is 5. The van der Waals surface area contributed by atoms with Gasteiger partial charge in [0.05, 0.1) is 5.69 Å². The minimum atomic E-state index is -4.72. The van der Waals surface area contributed by atoms with Crippen molar-refractivity contribution in [2.24, 2.45) is 5.73 Å². The van der Waals surface area contributed by atoms with Gasteiger partial charge in [-0.25, -0.2) is 4.79 Å². The molecule has 124 valence electrons. The van der Waals surface area contributed by atoms with Crippen molar-refractivity contribution < 1.29 is 32.7 Å². The molecule has 0 saturated heterocycles. The molecule has 0 aliphatic rings. The standard InChI is InChI=1S/C11H15ClN2O7S/c12-6-3-8(10(16)9(4-6)22(18,19)20)14-11(17)21-5-7(13)1-2-15/h3-4,7,15-16H,1-2,5,13H2,(H,14,17)(H,18,19,20)/t7-/m0/s1. The first-order chi connectivity index (χ1) is 10.1. The maximum Gasteiger partial charge on any atom is 0.411 e. The van der Waals surface area contributed by atoms with Crippen LogP contribution in [-0.4, -0.2) is 48.5 Å². The van der Waals surface area contributed by atoms with Crippen molar-refractivity contribution in [3.05, 3.63) is 17.2 Å². The van der Waals surface area contributed by atoms with Crippen LogP contribution in [0.25, 0.3) is 0 Å². The highest BCUT2D eigenvalue weighted by Crippen LogP contribution is 2.34. The van der Waals surface area contributed by atoms with Crippen molar-refractivity contribution in [3.8, 4) is 5.75 Å². The van der Waals surface area contributed by atoms with E-state index >= 15 is 0 Å². The molecule has 0 fully saturated rings. The zero-order valence-corrected chi connectivity index (χ0v) is 12.8. The number of rotatable bonds is 6. The Labute approximate surface area is 131 Å². The molecule has 0 bridgehead atoms. The maximum absolute atomic E-state index is 11.5. The second-order valence-corrected chi connectivity index (χ2v) is 6.10. The summed E-state index contributed by atoms with van der Waals surface area (Å²) in [5, 5.41) is 20.3. The van der Waals surface area contributed by atoms with Gasteiger partial charge in [0, 0.05) is 17.7 Å². The quantitative estimate of drug-likeness (QED) is 0.365. The number of carbonyl (C=O) groups is 1. The van der Waals surface area contributed by atoms with Gasteiger partial charge in [0.25, 0.3) is 10.1 Å². The van der Waals surface area contributed by atoms with Crippen LogP contribution in [-0.2, 0) is 14.9 Å². The van der Waals surface area contributed by atoms with Crippen LogP contribution in [0.3, 0.4) is 0 Å². The Kier molecular flexibility index (Phi) is 6.38. The SMILES string of the molecule is N[C@@H](CCO)COC(=O)Nc1cc(Cl)cc(S(=O)(=O)O)c1O. The number of amides is 1. The van der Waals surface area contributed by atoms with Gasteiger partial charge < -0.3 is 20.7 Å².